The molecule has 0 bridgehead atoms. The predicted octanol–water partition coefficient (Wildman–Crippen LogP) is 2.68. The Morgan fingerprint density at radius 1 is 1.30 bits per heavy atom. The SMILES string of the molecule is CCS(=O)(=O)c1cc(C(F)(F)F)ccc1-n1cccn1. The van der Waals surface area contributed by atoms with Crippen molar-refractivity contribution in [3.05, 3.63) is 42.2 Å². The van der Waals surface area contributed by atoms with Crippen molar-refractivity contribution >= 4 is 9.84 Å². The Hall–Kier alpha value is -1.83. The van der Waals surface area contributed by atoms with Gasteiger partial charge in [-0.15, -0.1) is 0 Å². The Labute approximate surface area is 113 Å². The second kappa shape index (κ2) is 4.93. The minimum atomic E-state index is -4.60. The van der Waals surface area contributed by atoms with Crippen molar-refractivity contribution < 1.29 is 21.6 Å². The number of rotatable bonds is 3. The predicted molar refractivity (Wildman–Crippen MR) is 66.3 cm³/mol. The molecule has 20 heavy (non-hydrogen) atoms. The van der Waals surface area contributed by atoms with Crippen molar-refractivity contribution in [3.63, 3.8) is 0 Å². The first kappa shape index (κ1) is 14.6. The summed E-state index contributed by atoms with van der Waals surface area (Å²) in [5.41, 5.74) is -0.898. The van der Waals surface area contributed by atoms with Crippen molar-refractivity contribution in [2.75, 3.05) is 5.75 Å². The van der Waals surface area contributed by atoms with E-state index in [1.165, 1.54) is 24.0 Å². The number of aromatic nitrogens is 2. The molecule has 0 saturated carbocycles. The third kappa shape index (κ3) is 2.69. The second-order valence-electron chi connectivity index (χ2n) is 4.03. The topological polar surface area (TPSA) is 52.0 Å². The van der Waals surface area contributed by atoms with Gasteiger partial charge in [-0.2, -0.15) is 18.3 Å². The van der Waals surface area contributed by atoms with Crippen LogP contribution in [0.3, 0.4) is 0 Å². The second-order valence-corrected chi connectivity index (χ2v) is 6.28. The van der Waals surface area contributed by atoms with Gasteiger partial charge in [0.2, 0.25) is 0 Å². The van der Waals surface area contributed by atoms with Crippen LogP contribution in [0.15, 0.2) is 41.6 Å². The van der Waals surface area contributed by atoms with Crippen LogP contribution in [0, 0.1) is 0 Å². The molecule has 0 aliphatic rings. The standard InChI is InChI=1S/C12H11F3N2O2S/c1-2-20(18,19)11-8-9(12(13,14)15)4-5-10(11)17-7-3-6-16-17/h3-8H,2H2,1H3. The van der Waals surface area contributed by atoms with Crippen molar-refractivity contribution in [3.8, 4) is 5.69 Å². The van der Waals surface area contributed by atoms with Crippen molar-refractivity contribution in [2.24, 2.45) is 0 Å². The number of alkyl halides is 3. The lowest BCUT2D eigenvalue weighted by Crippen LogP contribution is -2.13. The number of hydrogen-bond donors (Lipinski definition) is 0. The van der Waals surface area contributed by atoms with E-state index in [1.807, 2.05) is 0 Å². The van der Waals surface area contributed by atoms with Gasteiger partial charge in [0, 0.05) is 12.4 Å². The molecule has 2 rings (SSSR count). The van der Waals surface area contributed by atoms with E-state index in [9.17, 15) is 21.6 Å². The van der Waals surface area contributed by atoms with Gasteiger partial charge >= 0.3 is 6.18 Å². The van der Waals surface area contributed by atoms with Crippen LogP contribution in [0.2, 0.25) is 0 Å². The van der Waals surface area contributed by atoms with Gasteiger partial charge in [0.25, 0.3) is 0 Å². The molecule has 4 nitrogen and oxygen atoms in total. The van der Waals surface area contributed by atoms with Gasteiger partial charge in [-0.3, -0.25) is 0 Å². The van der Waals surface area contributed by atoms with E-state index in [2.05, 4.69) is 5.10 Å². The Kier molecular flexibility index (Phi) is 3.59. The Morgan fingerprint density at radius 2 is 2.00 bits per heavy atom. The fraction of sp³-hybridized carbons (Fsp3) is 0.250. The number of benzene rings is 1. The summed E-state index contributed by atoms with van der Waals surface area (Å²) in [5.74, 6) is -0.289. The molecule has 8 heteroatoms. The van der Waals surface area contributed by atoms with Crippen molar-refractivity contribution in [2.45, 2.75) is 18.0 Å². The highest BCUT2D eigenvalue weighted by atomic mass is 32.2. The maximum absolute atomic E-state index is 12.7. The highest BCUT2D eigenvalue weighted by Crippen LogP contribution is 2.33. The summed E-state index contributed by atoms with van der Waals surface area (Å²) < 4.78 is 63.4. The molecule has 0 amide bonds. The number of sulfone groups is 1. The third-order valence-electron chi connectivity index (χ3n) is 2.75. The van der Waals surface area contributed by atoms with Crippen LogP contribution in [0.5, 0.6) is 0 Å². The molecule has 0 N–H and O–H groups in total. The maximum Gasteiger partial charge on any atom is 0.416 e. The summed E-state index contributed by atoms with van der Waals surface area (Å²) in [6, 6.07) is 4.15. The van der Waals surface area contributed by atoms with Crippen LogP contribution in [0.1, 0.15) is 12.5 Å². The molecule has 108 valence electrons. The molecule has 0 atom stereocenters. The fourth-order valence-electron chi connectivity index (χ4n) is 1.70. The lowest BCUT2D eigenvalue weighted by atomic mass is 10.2. The van der Waals surface area contributed by atoms with Gasteiger partial charge in [-0.25, -0.2) is 13.1 Å². The Balaban J connectivity index is 2.71. The van der Waals surface area contributed by atoms with Crippen LogP contribution < -0.4 is 0 Å². The zero-order chi connectivity index (χ0) is 15.0. The van der Waals surface area contributed by atoms with Gasteiger partial charge < -0.3 is 0 Å². The van der Waals surface area contributed by atoms with E-state index >= 15 is 0 Å². The zero-order valence-electron chi connectivity index (χ0n) is 10.4. The lowest BCUT2D eigenvalue weighted by molar-refractivity contribution is -0.137. The molecule has 0 radical (unpaired) electrons. The lowest BCUT2D eigenvalue weighted by Gasteiger charge is -2.13. The molecule has 2 aromatic rings. The maximum atomic E-state index is 12.7. The van der Waals surface area contributed by atoms with Gasteiger partial charge in [0.05, 0.1) is 21.9 Å². The molecule has 0 unspecified atom stereocenters. The minimum Gasteiger partial charge on any atom is -0.240 e. The molecule has 0 spiro atoms. The first-order valence-electron chi connectivity index (χ1n) is 5.69. The van der Waals surface area contributed by atoms with Crippen LogP contribution in [-0.2, 0) is 16.0 Å². The molecule has 1 heterocycles. The van der Waals surface area contributed by atoms with E-state index in [-0.39, 0.29) is 16.3 Å². The first-order chi connectivity index (χ1) is 9.25. The third-order valence-corrected chi connectivity index (χ3v) is 4.51. The van der Waals surface area contributed by atoms with Crippen LogP contribution in [0.25, 0.3) is 5.69 Å². The molecule has 1 aromatic carbocycles. The summed E-state index contributed by atoms with van der Waals surface area (Å²) in [4.78, 5) is -0.376. The van der Waals surface area contributed by atoms with Gasteiger partial charge in [-0.1, -0.05) is 6.92 Å². The highest BCUT2D eigenvalue weighted by Gasteiger charge is 2.32. The molecule has 1 aromatic heterocycles. The van der Waals surface area contributed by atoms with Gasteiger partial charge in [0.1, 0.15) is 0 Å². The average molecular weight is 304 g/mol. The normalized spacial score (nSPS) is 12.6. The molecule has 0 aliphatic carbocycles. The molecule has 0 saturated heterocycles. The molecular formula is C12H11F3N2O2S. The van der Waals surface area contributed by atoms with Crippen molar-refractivity contribution in [1.29, 1.82) is 0 Å². The number of halogens is 3. The van der Waals surface area contributed by atoms with E-state index in [1.54, 1.807) is 6.07 Å². The minimum absolute atomic E-state index is 0.102. The Bertz CT molecular complexity index is 707. The van der Waals surface area contributed by atoms with E-state index in [4.69, 9.17) is 0 Å². The average Bonchev–Trinajstić information content (AvgIpc) is 2.90. The van der Waals surface area contributed by atoms with Gasteiger partial charge in [0.15, 0.2) is 9.84 Å². The summed E-state index contributed by atoms with van der Waals surface area (Å²) in [7, 11) is -3.80. The zero-order valence-corrected chi connectivity index (χ0v) is 11.2. The first-order valence-corrected chi connectivity index (χ1v) is 7.35. The van der Waals surface area contributed by atoms with E-state index in [0.29, 0.717) is 6.07 Å². The van der Waals surface area contributed by atoms with Crippen LogP contribution in [-0.4, -0.2) is 24.0 Å². The van der Waals surface area contributed by atoms with E-state index < -0.39 is 21.6 Å². The largest absolute Gasteiger partial charge is 0.416 e. The Morgan fingerprint density at radius 3 is 2.50 bits per heavy atom. The summed E-state index contributed by atoms with van der Waals surface area (Å²) in [5, 5.41) is 3.86. The summed E-state index contributed by atoms with van der Waals surface area (Å²) in [6.45, 7) is 1.38. The smallest absolute Gasteiger partial charge is 0.240 e. The summed E-state index contributed by atoms with van der Waals surface area (Å²) in [6.07, 6.45) is -1.71. The van der Waals surface area contributed by atoms with Crippen LogP contribution >= 0.6 is 0 Å². The molecular weight excluding hydrogens is 293 g/mol. The van der Waals surface area contributed by atoms with Gasteiger partial charge in [-0.05, 0) is 24.3 Å². The number of hydrogen-bond acceptors (Lipinski definition) is 3. The molecule has 0 fully saturated rings. The van der Waals surface area contributed by atoms with Crippen molar-refractivity contribution in [1.82, 2.24) is 9.78 Å². The number of nitrogens with zero attached hydrogens (tertiary/aromatic N) is 2. The summed E-state index contributed by atoms with van der Waals surface area (Å²) >= 11 is 0. The monoisotopic (exact) mass is 304 g/mol. The highest BCUT2D eigenvalue weighted by molar-refractivity contribution is 7.91. The molecule has 0 aliphatic heterocycles. The quantitative estimate of drug-likeness (QED) is 0.876. The van der Waals surface area contributed by atoms with E-state index in [0.717, 1.165) is 12.1 Å². The fourth-order valence-corrected chi connectivity index (χ4v) is 2.79. The van der Waals surface area contributed by atoms with Crippen LogP contribution in [0.4, 0.5) is 13.2 Å².